The van der Waals surface area contributed by atoms with E-state index in [-0.39, 0.29) is 22.3 Å². The number of rotatable bonds is 13. The Morgan fingerprint density at radius 3 is 2.44 bits per heavy atom. The largest absolute Gasteiger partial charge is 0.507 e. The van der Waals surface area contributed by atoms with Crippen molar-refractivity contribution in [3.63, 3.8) is 0 Å². The summed E-state index contributed by atoms with van der Waals surface area (Å²) >= 11 is 2.52. The molecule has 12 heteroatoms. The van der Waals surface area contributed by atoms with Crippen molar-refractivity contribution in [3.8, 4) is 17.2 Å². The number of unbranched alkanes of at least 4 members (excludes halogenated alkanes) is 1. The van der Waals surface area contributed by atoms with Gasteiger partial charge in [-0.2, -0.15) is 0 Å². The third-order valence-corrected chi connectivity index (χ3v) is 9.15. The predicted molar refractivity (Wildman–Crippen MR) is 172 cm³/mol. The van der Waals surface area contributed by atoms with Crippen molar-refractivity contribution in [2.45, 2.75) is 42.8 Å². The number of halogens is 1. The SMILES string of the molecule is CCCCOc1ccc(C2/C(=C(/O)c3ccc(OCC)cc3)C(=O)C(=O)N2c2nnc(SCc3ccc(F)cc3)s2)cc1OC. The van der Waals surface area contributed by atoms with Crippen LogP contribution in [0, 0.1) is 5.82 Å². The lowest BCUT2D eigenvalue weighted by molar-refractivity contribution is -0.132. The van der Waals surface area contributed by atoms with Gasteiger partial charge in [-0.15, -0.1) is 10.2 Å². The number of aliphatic hydroxyl groups is 1. The molecular formula is C33H32FN3O6S2. The molecule has 1 aliphatic rings. The van der Waals surface area contributed by atoms with Gasteiger partial charge in [0.15, 0.2) is 15.8 Å². The first-order valence-electron chi connectivity index (χ1n) is 14.4. The second kappa shape index (κ2) is 14.6. The minimum atomic E-state index is -1.03. The Balaban J connectivity index is 1.54. The lowest BCUT2D eigenvalue weighted by Gasteiger charge is -2.23. The van der Waals surface area contributed by atoms with Crippen LogP contribution in [-0.4, -0.2) is 47.3 Å². The molecule has 0 aliphatic carbocycles. The molecule has 1 atom stereocenters. The zero-order valence-corrected chi connectivity index (χ0v) is 26.6. The van der Waals surface area contributed by atoms with E-state index in [1.807, 2.05) is 6.92 Å². The summed E-state index contributed by atoms with van der Waals surface area (Å²) < 4.78 is 30.9. The van der Waals surface area contributed by atoms with Crippen LogP contribution in [0.25, 0.3) is 5.76 Å². The number of methoxy groups -OCH3 is 1. The molecule has 0 spiro atoms. The second-order valence-electron chi connectivity index (χ2n) is 10.0. The number of benzene rings is 3. The van der Waals surface area contributed by atoms with Crippen molar-refractivity contribution in [2.24, 2.45) is 0 Å². The Morgan fingerprint density at radius 2 is 1.76 bits per heavy atom. The third-order valence-electron chi connectivity index (χ3n) is 7.02. The van der Waals surface area contributed by atoms with Crippen LogP contribution in [-0.2, 0) is 15.3 Å². The average molecular weight is 650 g/mol. The van der Waals surface area contributed by atoms with E-state index in [0.29, 0.717) is 51.7 Å². The number of ether oxygens (including phenoxy) is 3. The summed E-state index contributed by atoms with van der Waals surface area (Å²) in [4.78, 5) is 28.5. The first-order chi connectivity index (χ1) is 21.8. The fourth-order valence-electron chi connectivity index (χ4n) is 4.76. The van der Waals surface area contributed by atoms with Gasteiger partial charge >= 0.3 is 5.91 Å². The van der Waals surface area contributed by atoms with Crippen molar-refractivity contribution in [2.75, 3.05) is 25.2 Å². The zero-order chi connectivity index (χ0) is 31.9. The van der Waals surface area contributed by atoms with E-state index in [4.69, 9.17) is 14.2 Å². The first kappa shape index (κ1) is 32.0. The van der Waals surface area contributed by atoms with Gasteiger partial charge in [0.2, 0.25) is 5.13 Å². The predicted octanol–water partition coefficient (Wildman–Crippen LogP) is 7.18. The van der Waals surface area contributed by atoms with Crippen molar-refractivity contribution in [1.29, 1.82) is 0 Å². The molecule has 1 saturated heterocycles. The van der Waals surface area contributed by atoms with E-state index >= 15 is 0 Å². The maximum absolute atomic E-state index is 13.6. The van der Waals surface area contributed by atoms with Gasteiger partial charge in [-0.05, 0) is 73.0 Å². The van der Waals surface area contributed by atoms with E-state index in [0.717, 1.165) is 29.7 Å². The Labute approximate surface area is 268 Å². The molecule has 234 valence electrons. The van der Waals surface area contributed by atoms with Gasteiger partial charge in [0.1, 0.15) is 17.3 Å². The van der Waals surface area contributed by atoms with Crippen LogP contribution in [0.3, 0.4) is 0 Å². The van der Waals surface area contributed by atoms with Crippen LogP contribution in [0.5, 0.6) is 17.2 Å². The van der Waals surface area contributed by atoms with Gasteiger partial charge in [0.05, 0.1) is 31.9 Å². The number of nitrogens with zero attached hydrogens (tertiary/aromatic N) is 3. The Kier molecular flexibility index (Phi) is 10.4. The topological polar surface area (TPSA) is 111 Å². The number of hydrogen-bond acceptors (Lipinski definition) is 10. The lowest BCUT2D eigenvalue weighted by Crippen LogP contribution is -2.29. The molecule has 0 saturated carbocycles. The number of carbonyl (C=O) groups is 2. The van der Waals surface area contributed by atoms with E-state index in [9.17, 15) is 19.1 Å². The normalized spacial score (nSPS) is 15.8. The molecule has 45 heavy (non-hydrogen) atoms. The highest BCUT2D eigenvalue weighted by Crippen LogP contribution is 2.45. The number of Topliss-reactive ketones (excluding diaryl/α,β-unsaturated/α-hetero) is 1. The molecule has 0 bridgehead atoms. The highest BCUT2D eigenvalue weighted by atomic mass is 32.2. The fraction of sp³-hybridized carbons (Fsp3) is 0.273. The lowest BCUT2D eigenvalue weighted by atomic mass is 9.95. The molecule has 1 aliphatic heterocycles. The standard InChI is InChI=1S/C33H32FN3O6S2/c1-4-6-17-43-25-16-11-22(18-26(25)41-3)28-27(29(38)21-9-14-24(15-10-21)42-5-2)30(39)31(40)37(28)32-35-36-33(45-32)44-19-20-7-12-23(34)13-8-20/h7-16,18,28,38H,4-6,17,19H2,1-3H3/b29-27-. The summed E-state index contributed by atoms with van der Waals surface area (Å²) in [5, 5.41) is 20.2. The van der Waals surface area contributed by atoms with E-state index in [2.05, 4.69) is 17.1 Å². The van der Waals surface area contributed by atoms with E-state index in [1.54, 1.807) is 54.6 Å². The highest BCUT2D eigenvalue weighted by molar-refractivity contribution is 8.00. The van der Waals surface area contributed by atoms with Gasteiger partial charge in [0.25, 0.3) is 5.78 Å². The number of aliphatic hydroxyl groups excluding tert-OH is 1. The summed E-state index contributed by atoms with van der Waals surface area (Å²) in [5.74, 6) is -0.303. The van der Waals surface area contributed by atoms with Crippen LogP contribution >= 0.6 is 23.1 Å². The molecule has 1 amide bonds. The van der Waals surface area contributed by atoms with Gasteiger partial charge in [0, 0.05) is 11.3 Å². The smallest absolute Gasteiger partial charge is 0.301 e. The number of amides is 1. The molecule has 1 unspecified atom stereocenters. The number of anilines is 1. The van der Waals surface area contributed by atoms with Crippen molar-refractivity contribution in [3.05, 3.63) is 94.8 Å². The maximum Gasteiger partial charge on any atom is 0.301 e. The number of thioether (sulfide) groups is 1. The average Bonchev–Trinajstić information content (AvgIpc) is 3.62. The van der Waals surface area contributed by atoms with Crippen LogP contribution in [0.1, 0.15) is 49.4 Å². The number of ketones is 1. The molecule has 0 radical (unpaired) electrons. The maximum atomic E-state index is 13.6. The van der Waals surface area contributed by atoms with E-state index < -0.39 is 17.7 Å². The Bertz CT molecular complexity index is 1690. The van der Waals surface area contributed by atoms with Crippen LogP contribution in [0.2, 0.25) is 0 Å². The molecule has 5 rings (SSSR count). The summed E-state index contributed by atoms with van der Waals surface area (Å²) in [7, 11) is 1.51. The van der Waals surface area contributed by atoms with Gasteiger partial charge in [-0.3, -0.25) is 14.5 Å². The fourth-order valence-corrected chi connectivity index (χ4v) is 6.58. The summed E-state index contributed by atoms with van der Waals surface area (Å²) in [5.41, 5.74) is 1.65. The van der Waals surface area contributed by atoms with Crippen LogP contribution < -0.4 is 19.1 Å². The molecule has 1 fully saturated rings. The first-order valence-corrected chi connectivity index (χ1v) is 16.2. The minimum absolute atomic E-state index is 0.0958. The molecule has 1 N–H and O–H groups in total. The monoisotopic (exact) mass is 649 g/mol. The molecule has 2 heterocycles. The summed E-state index contributed by atoms with van der Waals surface area (Å²) in [6, 6.07) is 16.9. The van der Waals surface area contributed by atoms with E-state index in [1.165, 1.54) is 35.9 Å². The molecule has 4 aromatic rings. The van der Waals surface area contributed by atoms with Gasteiger partial charge in [-0.1, -0.05) is 54.6 Å². The van der Waals surface area contributed by atoms with Crippen molar-refractivity contribution < 1.29 is 33.3 Å². The van der Waals surface area contributed by atoms with Gasteiger partial charge < -0.3 is 19.3 Å². The quantitative estimate of drug-likeness (QED) is 0.0402. The summed E-state index contributed by atoms with van der Waals surface area (Å²) in [6.45, 7) is 4.91. The van der Waals surface area contributed by atoms with Crippen molar-refractivity contribution in [1.82, 2.24) is 10.2 Å². The van der Waals surface area contributed by atoms with Gasteiger partial charge in [-0.25, -0.2) is 4.39 Å². The minimum Gasteiger partial charge on any atom is -0.507 e. The molecule has 3 aromatic carbocycles. The number of hydrogen-bond donors (Lipinski definition) is 1. The number of carbonyl (C=O) groups excluding carboxylic acids is 2. The van der Waals surface area contributed by atoms with Crippen molar-refractivity contribution >= 4 is 45.7 Å². The number of aromatic nitrogens is 2. The molecule has 9 nitrogen and oxygen atoms in total. The van der Waals surface area contributed by atoms with Crippen LogP contribution in [0.15, 0.2) is 76.6 Å². The second-order valence-corrected chi connectivity index (χ2v) is 12.2. The zero-order valence-electron chi connectivity index (χ0n) is 25.0. The Morgan fingerprint density at radius 1 is 1.00 bits per heavy atom. The Hall–Kier alpha value is -4.42. The van der Waals surface area contributed by atoms with Crippen LogP contribution in [0.4, 0.5) is 9.52 Å². The highest BCUT2D eigenvalue weighted by Gasteiger charge is 2.48. The summed E-state index contributed by atoms with van der Waals surface area (Å²) in [6.07, 6.45) is 1.83. The molecular weight excluding hydrogens is 618 g/mol. The molecule has 1 aromatic heterocycles. The third kappa shape index (κ3) is 7.12.